The Kier molecular flexibility index (Phi) is 9.79. The number of para-hydroxylation sites is 1. The molecule has 0 radical (unpaired) electrons. The van der Waals surface area contributed by atoms with E-state index in [2.05, 4.69) is 0 Å². The number of esters is 1. The lowest BCUT2D eigenvalue weighted by molar-refractivity contribution is -0.162. The Balaban J connectivity index is 1.16. The van der Waals surface area contributed by atoms with E-state index in [1.165, 1.54) is 4.90 Å². The minimum absolute atomic E-state index is 0.00537. The van der Waals surface area contributed by atoms with Gasteiger partial charge in [-0.25, -0.2) is 0 Å². The molecule has 3 aromatic carbocycles. The minimum atomic E-state index is -0.710. The second-order valence-corrected chi connectivity index (χ2v) is 11.8. The Bertz CT molecular complexity index is 1820. The van der Waals surface area contributed by atoms with E-state index >= 15 is 0 Å². The maximum absolute atomic E-state index is 13.4. The highest BCUT2D eigenvalue weighted by atomic mass is 35.5. The molecule has 1 saturated heterocycles. The Hall–Kier alpha value is -5.13. The lowest BCUT2D eigenvalue weighted by Gasteiger charge is -2.32. The predicted octanol–water partition coefficient (Wildman–Crippen LogP) is 5.03. The van der Waals surface area contributed by atoms with Crippen molar-refractivity contribution < 1.29 is 38.1 Å². The van der Waals surface area contributed by atoms with Crippen LogP contribution >= 0.6 is 11.6 Å². The first kappa shape index (κ1) is 32.8. The molecule has 0 N–H and O–H groups in total. The number of aromatic nitrogens is 1. The fourth-order valence-corrected chi connectivity index (χ4v) is 6.26. The standard InChI is InChI=1S/C36H34ClN3O8/c1-45-30-12-6-10-25(36(30)46-2)35-26-18-24(37)13-14-27(26)39-17-7-11-28(39)29(48-35)15-16-31(41)38-19-32(42)40(33(43)20-38)21-34(44)47-22-23-8-4-3-5-9-23/h3-14,17-18,29,35H,15-16,19-22H2,1-2H3/t29-,35-/m1/s1. The number of benzene rings is 3. The second kappa shape index (κ2) is 14.3. The van der Waals surface area contributed by atoms with Crippen molar-refractivity contribution in [2.75, 3.05) is 33.9 Å². The van der Waals surface area contributed by atoms with Crippen molar-refractivity contribution in [1.82, 2.24) is 14.4 Å². The van der Waals surface area contributed by atoms with Crippen LogP contribution in [0, 0.1) is 0 Å². The highest BCUT2D eigenvalue weighted by Crippen LogP contribution is 2.46. The van der Waals surface area contributed by atoms with Gasteiger partial charge < -0.3 is 28.4 Å². The van der Waals surface area contributed by atoms with Gasteiger partial charge in [0.25, 0.3) is 0 Å². The van der Waals surface area contributed by atoms with Gasteiger partial charge in [0, 0.05) is 28.8 Å². The summed E-state index contributed by atoms with van der Waals surface area (Å²) < 4.78 is 25.4. The molecule has 6 rings (SSSR count). The number of methoxy groups -OCH3 is 2. The van der Waals surface area contributed by atoms with Crippen LogP contribution in [-0.4, -0.2) is 71.9 Å². The molecule has 1 aromatic heterocycles. The molecule has 3 heterocycles. The molecule has 0 spiro atoms. The highest BCUT2D eigenvalue weighted by molar-refractivity contribution is 6.30. The van der Waals surface area contributed by atoms with Crippen molar-refractivity contribution in [1.29, 1.82) is 0 Å². The molecule has 2 aliphatic rings. The predicted molar refractivity (Wildman–Crippen MR) is 175 cm³/mol. The number of hydrogen-bond donors (Lipinski definition) is 0. The van der Waals surface area contributed by atoms with Crippen molar-refractivity contribution in [3.05, 3.63) is 112 Å². The van der Waals surface area contributed by atoms with Crippen LogP contribution in [0.15, 0.2) is 85.1 Å². The van der Waals surface area contributed by atoms with Gasteiger partial charge in [-0.15, -0.1) is 0 Å². The Labute approximate surface area is 282 Å². The number of amides is 3. The maximum Gasteiger partial charge on any atom is 0.326 e. The molecule has 0 aliphatic carbocycles. The van der Waals surface area contributed by atoms with Gasteiger partial charge in [-0.1, -0.05) is 54.1 Å². The topological polar surface area (TPSA) is 117 Å². The van der Waals surface area contributed by atoms with Gasteiger partial charge in [0.05, 0.1) is 31.7 Å². The van der Waals surface area contributed by atoms with Crippen molar-refractivity contribution in [2.24, 2.45) is 0 Å². The normalized spacial score (nSPS) is 17.3. The van der Waals surface area contributed by atoms with Crippen LogP contribution < -0.4 is 9.47 Å². The molecule has 248 valence electrons. The third-order valence-corrected chi connectivity index (χ3v) is 8.65. The highest BCUT2D eigenvalue weighted by Gasteiger charge is 2.37. The zero-order valence-electron chi connectivity index (χ0n) is 26.5. The fraction of sp³-hybridized carbons (Fsp3) is 0.278. The summed E-state index contributed by atoms with van der Waals surface area (Å²) in [7, 11) is 3.13. The number of fused-ring (bicyclic) bond motifs is 3. The Morgan fingerprint density at radius 2 is 1.67 bits per heavy atom. The zero-order valence-corrected chi connectivity index (χ0v) is 27.2. The number of ether oxygens (including phenoxy) is 4. The van der Waals surface area contributed by atoms with Gasteiger partial charge in [0.2, 0.25) is 17.7 Å². The lowest BCUT2D eigenvalue weighted by atomic mass is 9.98. The molecular formula is C36H34ClN3O8. The van der Waals surface area contributed by atoms with Crippen molar-refractivity contribution in [2.45, 2.75) is 31.7 Å². The number of piperazine rings is 1. The van der Waals surface area contributed by atoms with E-state index in [0.29, 0.717) is 16.5 Å². The van der Waals surface area contributed by atoms with Crippen LogP contribution in [0.2, 0.25) is 5.02 Å². The molecule has 0 bridgehead atoms. The fourth-order valence-electron chi connectivity index (χ4n) is 6.08. The van der Waals surface area contributed by atoms with Crippen LogP contribution in [0.3, 0.4) is 0 Å². The minimum Gasteiger partial charge on any atom is -0.493 e. The maximum atomic E-state index is 13.4. The monoisotopic (exact) mass is 671 g/mol. The van der Waals surface area contributed by atoms with Gasteiger partial charge in [-0.2, -0.15) is 0 Å². The Morgan fingerprint density at radius 1 is 0.896 bits per heavy atom. The van der Waals surface area contributed by atoms with Crippen molar-refractivity contribution in [3.63, 3.8) is 0 Å². The molecule has 0 saturated carbocycles. The average molecular weight is 672 g/mol. The zero-order chi connectivity index (χ0) is 33.8. The molecule has 12 heteroatoms. The number of imide groups is 1. The van der Waals surface area contributed by atoms with Gasteiger partial charge in [-0.05, 0) is 48.4 Å². The summed E-state index contributed by atoms with van der Waals surface area (Å²) in [4.78, 5) is 53.7. The molecule has 2 aliphatic heterocycles. The van der Waals surface area contributed by atoms with E-state index in [1.54, 1.807) is 32.4 Å². The van der Waals surface area contributed by atoms with Gasteiger partial charge in [-0.3, -0.25) is 24.1 Å². The first-order valence-electron chi connectivity index (χ1n) is 15.4. The summed E-state index contributed by atoms with van der Waals surface area (Å²) in [6.45, 7) is -1.14. The van der Waals surface area contributed by atoms with E-state index in [4.69, 9.17) is 30.5 Å². The summed E-state index contributed by atoms with van der Waals surface area (Å²) >= 11 is 6.49. The number of carbonyl (C=O) groups is 4. The van der Waals surface area contributed by atoms with Gasteiger partial charge in [0.15, 0.2) is 11.5 Å². The number of halogens is 1. The molecule has 1 fully saturated rings. The molecule has 4 aromatic rings. The van der Waals surface area contributed by atoms with Crippen LogP contribution in [0.25, 0.3) is 5.69 Å². The first-order valence-corrected chi connectivity index (χ1v) is 15.8. The third-order valence-electron chi connectivity index (χ3n) is 8.42. The summed E-state index contributed by atoms with van der Waals surface area (Å²) in [5.74, 6) is -1.34. The molecule has 3 amide bonds. The van der Waals surface area contributed by atoms with Crippen molar-refractivity contribution in [3.8, 4) is 17.2 Å². The number of carbonyl (C=O) groups excluding carboxylic acids is 4. The first-order chi connectivity index (χ1) is 23.3. The van der Waals surface area contributed by atoms with E-state index in [-0.39, 0.29) is 38.4 Å². The molecule has 2 atom stereocenters. The van der Waals surface area contributed by atoms with Crippen LogP contribution in [-0.2, 0) is 35.3 Å². The van der Waals surface area contributed by atoms with Gasteiger partial charge in [0.1, 0.15) is 32.3 Å². The van der Waals surface area contributed by atoms with Crippen LogP contribution in [0.1, 0.15) is 47.4 Å². The summed E-state index contributed by atoms with van der Waals surface area (Å²) in [6, 6.07) is 24.0. The van der Waals surface area contributed by atoms with Gasteiger partial charge >= 0.3 is 5.97 Å². The SMILES string of the molecule is COc1cccc([C@H]2O[C@H](CCC(=O)N3CC(=O)N(CC(=O)OCc4ccccc4)C(=O)C3)c3cccn3-c3ccc(Cl)cc32)c1OC. The van der Waals surface area contributed by atoms with E-state index in [0.717, 1.165) is 33.0 Å². The molecular weight excluding hydrogens is 638 g/mol. The molecule has 11 nitrogen and oxygen atoms in total. The second-order valence-electron chi connectivity index (χ2n) is 11.4. The smallest absolute Gasteiger partial charge is 0.326 e. The lowest BCUT2D eigenvalue weighted by Crippen LogP contribution is -2.56. The van der Waals surface area contributed by atoms with E-state index < -0.39 is 36.5 Å². The summed E-state index contributed by atoms with van der Waals surface area (Å²) in [5.41, 5.74) is 3.98. The largest absolute Gasteiger partial charge is 0.493 e. The summed E-state index contributed by atoms with van der Waals surface area (Å²) in [5, 5.41) is 0.532. The number of rotatable bonds is 10. The van der Waals surface area contributed by atoms with Crippen LogP contribution in [0.5, 0.6) is 11.5 Å². The van der Waals surface area contributed by atoms with Crippen LogP contribution in [0.4, 0.5) is 0 Å². The number of hydrogen-bond acceptors (Lipinski definition) is 8. The third kappa shape index (κ3) is 6.78. The molecule has 48 heavy (non-hydrogen) atoms. The Morgan fingerprint density at radius 3 is 2.40 bits per heavy atom. The van der Waals surface area contributed by atoms with E-state index in [9.17, 15) is 19.2 Å². The summed E-state index contributed by atoms with van der Waals surface area (Å²) in [6.07, 6.45) is 0.962. The quantitative estimate of drug-likeness (QED) is 0.170. The molecule has 0 unspecified atom stereocenters. The number of nitrogens with zero attached hydrogens (tertiary/aromatic N) is 3. The van der Waals surface area contributed by atoms with Crippen molar-refractivity contribution >= 4 is 35.3 Å². The average Bonchev–Trinajstić information content (AvgIpc) is 3.54. The van der Waals surface area contributed by atoms with E-state index in [1.807, 2.05) is 71.4 Å².